The fourth-order valence-corrected chi connectivity index (χ4v) is 3.49. The second-order valence-electron chi connectivity index (χ2n) is 5.05. The Labute approximate surface area is 137 Å². The van der Waals surface area contributed by atoms with Gasteiger partial charge in [-0.15, -0.1) is 11.8 Å². The van der Waals surface area contributed by atoms with Crippen LogP contribution in [0.2, 0.25) is 0 Å². The maximum Gasteiger partial charge on any atom is 0.271 e. The Morgan fingerprint density at radius 3 is 2.74 bits per heavy atom. The molecule has 0 radical (unpaired) electrons. The SMILES string of the molecule is N#Cc1ccc(NC(=O)[C@H]2CSCN2C(=O)c2ccc[nH]2)cc1. The number of H-pyrrole nitrogens is 1. The standard InChI is InChI=1S/C16H14N4O2S/c17-8-11-3-5-12(6-4-11)19-15(21)14-9-23-10-20(14)16(22)13-2-1-7-18-13/h1-7,14,18H,9-10H2,(H,19,21)/t14-/m1/s1. The van der Waals surface area contributed by atoms with Gasteiger partial charge in [-0.1, -0.05) is 0 Å². The van der Waals surface area contributed by atoms with Gasteiger partial charge in [-0.2, -0.15) is 5.26 Å². The van der Waals surface area contributed by atoms with Crippen molar-refractivity contribution in [1.29, 1.82) is 5.26 Å². The number of nitriles is 1. The summed E-state index contributed by atoms with van der Waals surface area (Å²) in [6.45, 7) is 0. The molecule has 0 saturated carbocycles. The normalized spacial score (nSPS) is 16.8. The van der Waals surface area contributed by atoms with Crippen LogP contribution in [0.25, 0.3) is 0 Å². The van der Waals surface area contributed by atoms with E-state index in [0.717, 1.165) is 0 Å². The highest BCUT2D eigenvalue weighted by atomic mass is 32.2. The minimum absolute atomic E-state index is 0.181. The number of thioether (sulfide) groups is 1. The van der Waals surface area contributed by atoms with Crippen molar-refractivity contribution in [3.8, 4) is 6.07 Å². The molecule has 0 aliphatic carbocycles. The third-order valence-electron chi connectivity index (χ3n) is 3.56. The average Bonchev–Trinajstić information content (AvgIpc) is 3.26. The minimum atomic E-state index is -0.508. The molecule has 0 unspecified atom stereocenters. The molecule has 2 N–H and O–H groups in total. The lowest BCUT2D eigenvalue weighted by Gasteiger charge is -2.22. The van der Waals surface area contributed by atoms with E-state index in [4.69, 9.17) is 5.26 Å². The second-order valence-corrected chi connectivity index (χ2v) is 6.05. The lowest BCUT2D eigenvalue weighted by molar-refractivity contribution is -0.119. The van der Waals surface area contributed by atoms with Crippen molar-refractivity contribution in [2.45, 2.75) is 6.04 Å². The van der Waals surface area contributed by atoms with Gasteiger partial charge in [0.25, 0.3) is 5.91 Å². The minimum Gasteiger partial charge on any atom is -0.357 e. The molecule has 2 amide bonds. The van der Waals surface area contributed by atoms with Crippen LogP contribution in [0, 0.1) is 11.3 Å². The third kappa shape index (κ3) is 3.22. The maximum atomic E-state index is 12.5. The first-order valence-corrected chi connectivity index (χ1v) is 8.17. The van der Waals surface area contributed by atoms with Crippen LogP contribution < -0.4 is 5.32 Å². The molecule has 2 aromatic rings. The van der Waals surface area contributed by atoms with Crippen molar-refractivity contribution in [3.05, 3.63) is 53.9 Å². The number of benzene rings is 1. The molecule has 3 rings (SSSR count). The molecule has 116 valence electrons. The Bertz CT molecular complexity index is 749. The number of aromatic amines is 1. The van der Waals surface area contributed by atoms with E-state index < -0.39 is 6.04 Å². The van der Waals surface area contributed by atoms with Crippen LogP contribution >= 0.6 is 11.8 Å². The number of aromatic nitrogens is 1. The van der Waals surface area contributed by atoms with E-state index in [1.807, 2.05) is 6.07 Å². The molecule has 6 nitrogen and oxygen atoms in total. The first kappa shape index (κ1) is 15.2. The fourth-order valence-electron chi connectivity index (χ4n) is 2.33. The van der Waals surface area contributed by atoms with E-state index in [1.54, 1.807) is 59.3 Å². The lowest BCUT2D eigenvalue weighted by atomic mass is 10.2. The summed E-state index contributed by atoms with van der Waals surface area (Å²) in [6.07, 6.45) is 1.68. The number of amides is 2. The Balaban J connectivity index is 1.70. The number of rotatable bonds is 3. The summed E-state index contributed by atoms with van der Waals surface area (Å²) in [5.41, 5.74) is 1.62. The number of hydrogen-bond acceptors (Lipinski definition) is 4. The van der Waals surface area contributed by atoms with Crippen molar-refractivity contribution in [2.75, 3.05) is 16.9 Å². The summed E-state index contributed by atoms with van der Waals surface area (Å²) in [7, 11) is 0. The van der Waals surface area contributed by atoms with Crippen LogP contribution in [-0.2, 0) is 4.79 Å². The number of nitrogens with zero attached hydrogens (tertiary/aromatic N) is 2. The van der Waals surface area contributed by atoms with Gasteiger partial charge in [-0.3, -0.25) is 9.59 Å². The van der Waals surface area contributed by atoms with Crippen LogP contribution in [0.5, 0.6) is 0 Å². The summed E-state index contributed by atoms with van der Waals surface area (Å²) in [5, 5.41) is 11.6. The van der Waals surface area contributed by atoms with Crippen LogP contribution in [0.3, 0.4) is 0 Å². The average molecular weight is 326 g/mol. The van der Waals surface area contributed by atoms with E-state index in [2.05, 4.69) is 10.3 Å². The third-order valence-corrected chi connectivity index (χ3v) is 4.57. The van der Waals surface area contributed by atoms with Crippen molar-refractivity contribution >= 4 is 29.3 Å². The summed E-state index contributed by atoms with van der Waals surface area (Å²) >= 11 is 1.55. The zero-order valence-electron chi connectivity index (χ0n) is 12.2. The summed E-state index contributed by atoms with van der Waals surface area (Å²) < 4.78 is 0. The molecule has 1 saturated heterocycles. The van der Waals surface area contributed by atoms with Gasteiger partial charge < -0.3 is 15.2 Å². The molecular formula is C16H14N4O2S. The van der Waals surface area contributed by atoms with Gasteiger partial charge in [0.2, 0.25) is 5.91 Å². The first-order chi connectivity index (χ1) is 11.2. The predicted molar refractivity (Wildman–Crippen MR) is 87.9 cm³/mol. The molecule has 1 atom stereocenters. The number of carbonyl (C=O) groups excluding carboxylic acids is 2. The predicted octanol–water partition coefficient (Wildman–Crippen LogP) is 2.04. The summed E-state index contributed by atoms with van der Waals surface area (Å²) in [4.78, 5) is 29.3. The highest BCUT2D eigenvalue weighted by molar-refractivity contribution is 7.99. The maximum absolute atomic E-state index is 12.5. The quantitative estimate of drug-likeness (QED) is 0.903. The molecule has 1 aromatic heterocycles. The number of anilines is 1. The Morgan fingerprint density at radius 2 is 2.09 bits per heavy atom. The monoisotopic (exact) mass is 326 g/mol. The van der Waals surface area contributed by atoms with Crippen molar-refractivity contribution < 1.29 is 9.59 Å². The fraction of sp³-hybridized carbons (Fsp3) is 0.188. The van der Waals surface area contributed by atoms with Crippen molar-refractivity contribution in [2.24, 2.45) is 0 Å². The Kier molecular flexibility index (Phi) is 4.35. The lowest BCUT2D eigenvalue weighted by Crippen LogP contribution is -2.44. The number of nitrogens with one attached hydrogen (secondary N) is 2. The second kappa shape index (κ2) is 6.58. The first-order valence-electron chi connectivity index (χ1n) is 7.02. The van der Waals surface area contributed by atoms with E-state index in [0.29, 0.717) is 28.6 Å². The Hall–Kier alpha value is -2.72. The molecule has 0 spiro atoms. The largest absolute Gasteiger partial charge is 0.357 e. The van der Waals surface area contributed by atoms with Crippen LogP contribution in [-0.4, -0.2) is 39.4 Å². The molecule has 2 heterocycles. The highest BCUT2D eigenvalue weighted by Gasteiger charge is 2.35. The summed E-state index contributed by atoms with van der Waals surface area (Å²) in [6, 6.07) is 11.6. The van der Waals surface area contributed by atoms with Gasteiger partial charge in [0.15, 0.2) is 0 Å². The molecule has 23 heavy (non-hydrogen) atoms. The number of carbonyl (C=O) groups is 2. The van der Waals surface area contributed by atoms with E-state index in [-0.39, 0.29) is 11.8 Å². The van der Waals surface area contributed by atoms with Gasteiger partial charge in [0.05, 0.1) is 17.5 Å². The van der Waals surface area contributed by atoms with E-state index in [1.165, 1.54) is 0 Å². The molecule has 1 aromatic carbocycles. The molecule has 1 fully saturated rings. The van der Waals surface area contributed by atoms with Gasteiger partial charge in [-0.05, 0) is 36.4 Å². The van der Waals surface area contributed by atoms with Gasteiger partial charge in [0.1, 0.15) is 11.7 Å². The molecule has 1 aliphatic heterocycles. The van der Waals surface area contributed by atoms with Crippen LogP contribution in [0.1, 0.15) is 16.1 Å². The molecule has 1 aliphatic rings. The smallest absolute Gasteiger partial charge is 0.271 e. The summed E-state index contributed by atoms with van der Waals surface area (Å²) in [5.74, 6) is 0.650. The van der Waals surface area contributed by atoms with Crippen molar-refractivity contribution in [1.82, 2.24) is 9.88 Å². The highest BCUT2D eigenvalue weighted by Crippen LogP contribution is 2.24. The zero-order chi connectivity index (χ0) is 16.2. The van der Waals surface area contributed by atoms with Crippen LogP contribution in [0.15, 0.2) is 42.6 Å². The Morgan fingerprint density at radius 1 is 1.30 bits per heavy atom. The van der Waals surface area contributed by atoms with Gasteiger partial charge in [-0.25, -0.2) is 0 Å². The topological polar surface area (TPSA) is 89.0 Å². The molecule has 0 bridgehead atoms. The molecular weight excluding hydrogens is 312 g/mol. The van der Waals surface area contributed by atoms with E-state index in [9.17, 15) is 9.59 Å². The van der Waals surface area contributed by atoms with Crippen molar-refractivity contribution in [3.63, 3.8) is 0 Å². The number of hydrogen-bond donors (Lipinski definition) is 2. The van der Waals surface area contributed by atoms with Crippen LogP contribution in [0.4, 0.5) is 5.69 Å². The van der Waals surface area contributed by atoms with E-state index >= 15 is 0 Å². The van der Waals surface area contributed by atoms with Gasteiger partial charge in [0, 0.05) is 17.6 Å². The molecule has 7 heteroatoms. The zero-order valence-corrected chi connectivity index (χ0v) is 13.0. The van der Waals surface area contributed by atoms with Gasteiger partial charge >= 0.3 is 0 Å².